The standard InChI is InChI=1S/C19H30N2O/c1-5-21-13-17-11-19(17,14-21)16-7-9-18(10-8-16)20(4)12-15(3)22-6-2/h7-10,15,17H,5-6,11-14H2,1-4H3. The van der Waals surface area contributed by atoms with Gasteiger partial charge in [-0.15, -0.1) is 0 Å². The van der Waals surface area contributed by atoms with Crippen molar-refractivity contribution in [3.63, 3.8) is 0 Å². The highest BCUT2D eigenvalue weighted by atomic mass is 16.5. The summed E-state index contributed by atoms with van der Waals surface area (Å²) in [6, 6.07) is 9.28. The number of piperidine rings is 1. The second-order valence-corrected chi connectivity index (χ2v) is 7.08. The number of hydrogen-bond acceptors (Lipinski definition) is 3. The van der Waals surface area contributed by atoms with E-state index < -0.39 is 0 Å². The second kappa shape index (κ2) is 6.21. The van der Waals surface area contributed by atoms with Crippen LogP contribution in [0.3, 0.4) is 0 Å². The van der Waals surface area contributed by atoms with Gasteiger partial charge in [0.1, 0.15) is 0 Å². The van der Waals surface area contributed by atoms with Crippen molar-refractivity contribution in [2.75, 3.05) is 44.7 Å². The molecule has 3 unspecified atom stereocenters. The molecule has 1 aliphatic heterocycles. The average Bonchev–Trinajstić information content (AvgIpc) is 3.09. The van der Waals surface area contributed by atoms with Crippen LogP contribution in [0.25, 0.3) is 0 Å². The number of anilines is 1. The van der Waals surface area contributed by atoms with Crippen LogP contribution in [0.1, 0.15) is 32.8 Å². The molecule has 1 saturated carbocycles. The van der Waals surface area contributed by atoms with Crippen LogP contribution in [0, 0.1) is 5.92 Å². The third-order valence-corrected chi connectivity index (χ3v) is 5.53. The van der Waals surface area contributed by atoms with E-state index in [1.807, 2.05) is 0 Å². The third kappa shape index (κ3) is 2.89. The topological polar surface area (TPSA) is 15.7 Å². The van der Waals surface area contributed by atoms with Gasteiger partial charge in [-0.3, -0.25) is 0 Å². The highest BCUT2D eigenvalue weighted by Crippen LogP contribution is 2.58. The molecule has 3 heteroatoms. The molecule has 0 radical (unpaired) electrons. The van der Waals surface area contributed by atoms with Gasteiger partial charge in [0.25, 0.3) is 0 Å². The van der Waals surface area contributed by atoms with E-state index in [2.05, 4.69) is 61.9 Å². The summed E-state index contributed by atoms with van der Waals surface area (Å²) in [5, 5.41) is 0. The predicted molar refractivity (Wildman–Crippen MR) is 92.7 cm³/mol. The van der Waals surface area contributed by atoms with E-state index in [0.717, 1.165) is 19.1 Å². The van der Waals surface area contributed by atoms with Gasteiger partial charge < -0.3 is 14.5 Å². The van der Waals surface area contributed by atoms with Gasteiger partial charge in [-0.25, -0.2) is 0 Å². The molecule has 122 valence electrons. The van der Waals surface area contributed by atoms with E-state index in [4.69, 9.17) is 4.74 Å². The number of fused-ring (bicyclic) bond motifs is 1. The van der Waals surface area contributed by atoms with Gasteiger partial charge in [-0.2, -0.15) is 0 Å². The molecule has 0 N–H and O–H groups in total. The molecule has 3 atom stereocenters. The Labute approximate surface area is 135 Å². The van der Waals surface area contributed by atoms with E-state index in [1.165, 1.54) is 31.7 Å². The molecule has 2 aliphatic rings. The monoisotopic (exact) mass is 302 g/mol. The summed E-state index contributed by atoms with van der Waals surface area (Å²) in [6.45, 7) is 11.9. The molecular formula is C19H30N2O. The lowest BCUT2D eigenvalue weighted by Gasteiger charge is -2.24. The minimum Gasteiger partial charge on any atom is -0.377 e. The lowest BCUT2D eigenvalue weighted by atomic mass is 9.94. The van der Waals surface area contributed by atoms with E-state index >= 15 is 0 Å². The van der Waals surface area contributed by atoms with Gasteiger partial charge in [0.05, 0.1) is 6.10 Å². The molecule has 1 heterocycles. The molecule has 3 nitrogen and oxygen atoms in total. The van der Waals surface area contributed by atoms with Crippen LogP contribution >= 0.6 is 0 Å². The lowest BCUT2D eigenvalue weighted by molar-refractivity contribution is 0.0818. The molecule has 1 saturated heterocycles. The van der Waals surface area contributed by atoms with Crippen molar-refractivity contribution >= 4 is 5.69 Å². The van der Waals surface area contributed by atoms with E-state index in [-0.39, 0.29) is 6.10 Å². The van der Waals surface area contributed by atoms with Crippen molar-refractivity contribution in [1.29, 1.82) is 0 Å². The molecule has 1 aliphatic carbocycles. The van der Waals surface area contributed by atoms with E-state index in [1.54, 1.807) is 5.56 Å². The Bertz CT molecular complexity index is 501. The molecule has 0 aromatic heterocycles. The number of benzene rings is 1. The highest BCUT2D eigenvalue weighted by Gasteiger charge is 2.60. The average molecular weight is 302 g/mol. The van der Waals surface area contributed by atoms with Crippen molar-refractivity contribution in [3.8, 4) is 0 Å². The Kier molecular flexibility index (Phi) is 4.47. The summed E-state index contributed by atoms with van der Waals surface area (Å²) < 4.78 is 5.64. The second-order valence-electron chi connectivity index (χ2n) is 7.08. The van der Waals surface area contributed by atoms with Crippen LogP contribution in [0.5, 0.6) is 0 Å². The van der Waals surface area contributed by atoms with Crippen molar-refractivity contribution in [1.82, 2.24) is 4.90 Å². The first-order chi connectivity index (χ1) is 10.6. The van der Waals surface area contributed by atoms with Gasteiger partial charge in [0, 0.05) is 44.4 Å². The van der Waals surface area contributed by atoms with Crippen LogP contribution in [0.4, 0.5) is 5.69 Å². The first-order valence-corrected chi connectivity index (χ1v) is 8.74. The summed E-state index contributed by atoms with van der Waals surface area (Å²) in [7, 11) is 2.15. The first kappa shape index (κ1) is 15.8. The van der Waals surface area contributed by atoms with Crippen molar-refractivity contribution in [2.45, 2.75) is 38.7 Å². The van der Waals surface area contributed by atoms with E-state index in [0.29, 0.717) is 5.41 Å². The van der Waals surface area contributed by atoms with Gasteiger partial charge in [0.15, 0.2) is 0 Å². The largest absolute Gasteiger partial charge is 0.377 e. The Morgan fingerprint density at radius 3 is 2.64 bits per heavy atom. The van der Waals surface area contributed by atoms with Gasteiger partial charge in [0.2, 0.25) is 0 Å². The maximum absolute atomic E-state index is 5.64. The van der Waals surface area contributed by atoms with Crippen LogP contribution < -0.4 is 4.90 Å². The van der Waals surface area contributed by atoms with Gasteiger partial charge in [-0.1, -0.05) is 19.1 Å². The molecule has 1 aromatic carbocycles. The normalized spacial score (nSPS) is 28.5. The number of likely N-dealkylation sites (N-methyl/N-ethyl adjacent to an activating group) is 2. The number of hydrogen-bond donors (Lipinski definition) is 0. The molecule has 0 amide bonds. The summed E-state index contributed by atoms with van der Waals surface area (Å²) in [6.07, 6.45) is 1.66. The van der Waals surface area contributed by atoms with Gasteiger partial charge >= 0.3 is 0 Å². The molecule has 22 heavy (non-hydrogen) atoms. The quantitative estimate of drug-likeness (QED) is 0.769. The Balaban J connectivity index is 1.64. The summed E-state index contributed by atoms with van der Waals surface area (Å²) in [4.78, 5) is 4.89. The molecule has 2 fully saturated rings. The molecule has 0 spiro atoms. The fraction of sp³-hybridized carbons (Fsp3) is 0.684. The highest BCUT2D eigenvalue weighted by molar-refractivity contribution is 5.50. The zero-order chi connectivity index (χ0) is 15.7. The SMILES string of the molecule is CCOC(C)CN(C)c1ccc(C23CC2CN(CC)C3)cc1. The van der Waals surface area contributed by atoms with Crippen molar-refractivity contribution < 1.29 is 4.74 Å². The Morgan fingerprint density at radius 1 is 1.32 bits per heavy atom. The van der Waals surface area contributed by atoms with Crippen LogP contribution in [0.15, 0.2) is 24.3 Å². The smallest absolute Gasteiger partial charge is 0.0721 e. The maximum Gasteiger partial charge on any atom is 0.0721 e. The Morgan fingerprint density at radius 2 is 2.05 bits per heavy atom. The van der Waals surface area contributed by atoms with Gasteiger partial charge in [-0.05, 0) is 50.4 Å². The maximum atomic E-state index is 5.64. The summed E-state index contributed by atoms with van der Waals surface area (Å²) >= 11 is 0. The lowest BCUT2D eigenvalue weighted by Crippen LogP contribution is -2.29. The van der Waals surface area contributed by atoms with Crippen LogP contribution in [-0.2, 0) is 10.2 Å². The summed E-state index contributed by atoms with van der Waals surface area (Å²) in [5.74, 6) is 0.897. The van der Waals surface area contributed by atoms with Crippen molar-refractivity contribution in [3.05, 3.63) is 29.8 Å². The number of likely N-dealkylation sites (tertiary alicyclic amines) is 1. The predicted octanol–water partition coefficient (Wildman–Crippen LogP) is 3.14. The zero-order valence-corrected chi connectivity index (χ0v) is 14.5. The molecule has 1 aromatic rings. The molecular weight excluding hydrogens is 272 g/mol. The molecule has 0 bridgehead atoms. The zero-order valence-electron chi connectivity index (χ0n) is 14.5. The summed E-state index contributed by atoms with van der Waals surface area (Å²) in [5.41, 5.74) is 3.31. The van der Waals surface area contributed by atoms with E-state index in [9.17, 15) is 0 Å². The van der Waals surface area contributed by atoms with Crippen LogP contribution in [0.2, 0.25) is 0 Å². The third-order valence-electron chi connectivity index (χ3n) is 5.53. The van der Waals surface area contributed by atoms with Crippen LogP contribution in [-0.4, -0.2) is 50.8 Å². The minimum atomic E-state index is 0.272. The number of rotatable bonds is 7. The fourth-order valence-corrected chi connectivity index (χ4v) is 4.15. The number of ether oxygens (including phenoxy) is 1. The number of nitrogens with zero attached hydrogens (tertiary/aromatic N) is 2. The Hall–Kier alpha value is -1.06. The first-order valence-electron chi connectivity index (χ1n) is 8.74. The molecule has 3 rings (SSSR count). The van der Waals surface area contributed by atoms with Crippen molar-refractivity contribution in [2.24, 2.45) is 5.92 Å². The fourth-order valence-electron chi connectivity index (χ4n) is 4.15. The minimum absolute atomic E-state index is 0.272.